The number of rotatable bonds is 2. The summed E-state index contributed by atoms with van der Waals surface area (Å²) in [5.74, 6) is 5.15. The highest BCUT2D eigenvalue weighted by molar-refractivity contribution is 8.93. The van der Waals surface area contributed by atoms with E-state index in [1.807, 2.05) is 0 Å². The van der Waals surface area contributed by atoms with Crippen molar-refractivity contribution in [2.24, 2.45) is 5.84 Å². The molecule has 0 atom stereocenters. The van der Waals surface area contributed by atoms with Crippen molar-refractivity contribution < 1.29 is 0 Å². The Bertz CT molecular complexity index is 338. The van der Waals surface area contributed by atoms with Crippen molar-refractivity contribution in [2.45, 2.75) is 20.4 Å². The second kappa shape index (κ2) is 7.17. The SMILES string of the molecule is Br.Br.Cc1c[nH]c(CNN)c(C)c1=O. The molecule has 0 fully saturated rings. The molecule has 82 valence electrons. The van der Waals surface area contributed by atoms with Crippen molar-refractivity contribution in [3.05, 3.63) is 33.2 Å². The van der Waals surface area contributed by atoms with Crippen molar-refractivity contribution in [2.75, 3.05) is 0 Å². The van der Waals surface area contributed by atoms with Crippen LogP contribution in [-0.4, -0.2) is 4.98 Å². The fourth-order valence-electron chi connectivity index (χ4n) is 1.09. The molecule has 0 bridgehead atoms. The molecule has 4 nitrogen and oxygen atoms in total. The summed E-state index contributed by atoms with van der Waals surface area (Å²) in [4.78, 5) is 14.4. The van der Waals surface area contributed by atoms with E-state index in [2.05, 4.69) is 10.4 Å². The minimum absolute atomic E-state index is 0. The zero-order chi connectivity index (χ0) is 9.14. The molecule has 0 radical (unpaired) electrons. The summed E-state index contributed by atoms with van der Waals surface area (Å²) >= 11 is 0. The lowest BCUT2D eigenvalue weighted by molar-refractivity contribution is 0.716. The highest BCUT2D eigenvalue weighted by Gasteiger charge is 2.02. The second-order valence-electron chi connectivity index (χ2n) is 2.79. The third kappa shape index (κ3) is 3.53. The molecule has 0 aliphatic heterocycles. The smallest absolute Gasteiger partial charge is 0.187 e. The first-order chi connectivity index (χ1) is 5.66. The molecule has 0 aromatic carbocycles. The number of hydrazine groups is 1. The fourth-order valence-corrected chi connectivity index (χ4v) is 1.09. The van der Waals surface area contributed by atoms with E-state index in [1.54, 1.807) is 20.0 Å². The van der Waals surface area contributed by atoms with Crippen molar-refractivity contribution in [1.82, 2.24) is 10.4 Å². The highest BCUT2D eigenvalue weighted by Crippen LogP contribution is 1.98. The molecule has 0 spiro atoms. The maximum Gasteiger partial charge on any atom is 0.187 e. The van der Waals surface area contributed by atoms with Crippen LogP contribution in [0.15, 0.2) is 11.0 Å². The van der Waals surface area contributed by atoms with E-state index in [-0.39, 0.29) is 39.4 Å². The van der Waals surface area contributed by atoms with Gasteiger partial charge in [0.1, 0.15) is 0 Å². The van der Waals surface area contributed by atoms with E-state index >= 15 is 0 Å². The Labute approximate surface area is 104 Å². The van der Waals surface area contributed by atoms with E-state index in [0.29, 0.717) is 6.54 Å². The first-order valence-corrected chi connectivity index (χ1v) is 3.78. The number of nitrogens with one attached hydrogen (secondary N) is 2. The minimum Gasteiger partial charge on any atom is -0.363 e. The van der Waals surface area contributed by atoms with Crippen LogP contribution in [0.3, 0.4) is 0 Å². The molecular weight excluding hydrogens is 314 g/mol. The summed E-state index contributed by atoms with van der Waals surface area (Å²) in [6.07, 6.45) is 1.70. The maximum absolute atomic E-state index is 11.4. The van der Waals surface area contributed by atoms with Gasteiger partial charge in [-0.3, -0.25) is 16.1 Å². The topological polar surface area (TPSA) is 70.9 Å². The van der Waals surface area contributed by atoms with E-state index in [1.165, 1.54) is 0 Å². The number of aromatic nitrogens is 1. The largest absolute Gasteiger partial charge is 0.363 e. The maximum atomic E-state index is 11.4. The lowest BCUT2D eigenvalue weighted by atomic mass is 10.1. The first kappa shape index (κ1) is 16.3. The Hall–Kier alpha value is -0.170. The Morgan fingerprint density at radius 2 is 2.00 bits per heavy atom. The number of aromatic amines is 1. The average Bonchev–Trinajstić information content (AvgIpc) is 2.07. The van der Waals surface area contributed by atoms with Gasteiger partial charge < -0.3 is 4.98 Å². The molecule has 1 aromatic rings. The molecule has 14 heavy (non-hydrogen) atoms. The minimum atomic E-state index is 0. The van der Waals surface area contributed by atoms with Gasteiger partial charge >= 0.3 is 0 Å². The Balaban J connectivity index is 0. The molecule has 0 aliphatic carbocycles. The third-order valence-corrected chi connectivity index (χ3v) is 1.89. The molecule has 1 rings (SSSR count). The Morgan fingerprint density at radius 3 is 2.50 bits per heavy atom. The van der Waals surface area contributed by atoms with Gasteiger partial charge in [-0.05, 0) is 13.8 Å². The predicted molar refractivity (Wildman–Crippen MR) is 68.2 cm³/mol. The van der Waals surface area contributed by atoms with Gasteiger partial charge in [0.2, 0.25) is 0 Å². The normalized spacial score (nSPS) is 8.79. The van der Waals surface area contributed by atoms with Gasteiger partial charge in [-0.1, -0.05) is 0 Å². The summed E-state index contributed by atoms with van der Waals surface area (Å²) < 4.78 is 0. The number of aryl methyl sites for hydroxylation is 1. The molecule has 0 amide bonds. The standard InChI is InChI=1S/C8H13N3O.2BrH/c1-5-3-10-7(4-11-9)6(2)8(5)12;;/h3,11H,4,9H2,1-2H3,(H,10,12);2*1H. The van der Waals surface area contributed by atoms with Gasteiger partial charge in [-0.25, -0.2) is 0 Å². The van der Waals surface area contributed by atoms with Crippen LogP contribution in [0.25, 0.3) is 0 Å². The van der Waals surface area contributed by atoms with Crippen LogP contribution in [0, 0.1) is 13.8 Å². The summed E-state index contributed by atoms with van der Waals surface area (Å²) in [6.45, 7) is 4.06. The molecular formula is C8H15Br2N3O. The van der Waals surface area contributed by atoms with Crippen LogP contribution in [-0.2, 0) is 6.54 Å². The second-order valence-corrected chi connectivity index (χ2v) is 2.79. The van der Waals surface area contributed by atoms with Crippen LogP contribution in [0.2, 0.25) is 0 Å². The van der Waals surface area contributed by atoms with Crippen molar-refractivity contribution in [3.63, 3.8) is 0 Å². The van der Waals surface area contributed by atoms with Gasteiger partial charge in [0.05, 0.1) is 6.54 Å². The molecule has 1 aromatic heterocycles. The molecule has 0 unspecified atom stereocenters. The molecule has 0 saturated carbocycles. The van der Waals surface area contributed by atoms with Crippen molar-refractivity contribution in [1.29, 1.82) is 0 Å². The van der Waals surface area contributed by atoms with Gasteiger partial charge in [0.15, 0.2) is 5.43 Å². The molecule has 4 N–H and O–H groups in total. The van der Waals surface area contributed by atoms with Gasteiger partial charge in [0, 0.05) is 23.0 Å². The Morgan fingerprint density at radius 1 is 1.43 bits per heavy atom. The lowest BCUT2D eigenvalue weighted by Gasteiger charge is -2.04. The lowest BCUT2D eigenvalue weighted by Crippen LogP contribution is -2.24. The zero-order valence-corrected chi connectivity index (χ0v) is 11.5. The number of H-pyrrole nitrogens is 1. The van der Waals surface area contributed by atoms with Crippen LogP contribution in [0.1, 0.15) is 16.8 Å². The average molecular weight is 329 g/mol. The van der Waals surface area contributed by atoms with Crippen LogP contribution >= 0.6 is 34.0 Å². The number of pyridine rings is 1. The number of nitrogens with two attached hydrogens (primary N) is 1. The monoisotopic (exact) mass is 327 g/mol. The van der Waals surface area contributed by atoms with Gasteiger partial charge in [-0.15, -0.1) is 34.0 Å². The van der Waals surface area contributed by atoms with Crippen LogP contribution < -0.4 is 16.7 Å². The van der Waals surface area contributed by atoms with Crippen LogP contribution in [0.4, 0.5) is 0 Å². The molecule has 0 saturated heterocycles. The summed E-state index contributed by atoms with van der Waals surface area (Å²) in [5, 5.41) is 0. The van der Waals surface area contributed by atoms with E-state index in [4.69, 9.17) is 5.84 Å². The van der Waals surface area contributed by atoms with E-state index < -0.39 is 0 Å². The number of halogens is 2. The quantitative estimate of drug-likeness (QED) is 0.562. The van der Waals surface area contributed by atoms with Gasteiger partial charge in [0.25, 0.3) is 0 Å². The zero-order valence-electron chi connectivity index (χ0n) is 8.09. The Kier molecular flexibility index (Phi) is 8.33. The summed E-state index contributed by atoms with van der Waals surface area (Å²) in [6, 6.07) is 0. The van der Waals surface area contributed by atoms with E-state index in [0.717, 1.165) is 16.8 Å². The molecule has 6 heteroatoms. The number of hydrogen-bond acceptors (Lipinski definition) is 3. The summed E-state index contributed by atoms with van der Waals surface area (Å²) in [7, 11) is 0. The molecule has 0 aliphatic rings. The fraction of sp³-hybridized carbons (Fsp3) is 0.375. The van der Waals surface area contributed by atoms with Crippen molar-refractivity contribution >= 4 is 34.0 Å². The highest BCUT2D eigenvalue weighted by atomic mass is 79.9. The third-order valence-electron chi connectivity index (χ3n) is 1.89. The number of hydrogen-bond donors (Lipinski definition) is 3. The van der Waals surface area contributed by atoms with Gasteiger partial charge in [-0.2, -0.15) is 0 Å². The predicted octanol–water partition coefficient (Wildman–Crippen LogP) is 1.11. The molecule has 1 heterocycles. The summed E-state index contributed by atoms with van der Waals surface area (Å²) in [5.41, 5.74) is 4.88. The first-order valence-electron chi connectivity index (χ1n) is 3.78. The van der Waals surface area contributed by atoms with Crippen molar-refractivity contribution in [3.8, 4) is 0 Å². The van der Waals surface area contributed by atoms with Crippen LogP contribution in [0.5, 0.6) is 0 Å². The van der Waals surface area contributed by atoms with E-state index in [9.17, 15) is 4.79 Å².